The van der Waals surface area contributed by atoms with Crippen LogP contribution < -0.4 is 10.6 Å². The van der Waals surface area contributed by atoms with Crippen LogP contribution in [0.25, 0.3) is 0 Å². The second-order valence-corrected chi connectivity index (χ2v) is 4.54. The van der Waals surface area contributed by atoms with Crippen LogP contribution in [-0.4, -0.2) is 24.5 Å². The third-order valence-electron chi connectivity index (χ3n) is 3.34. The standard InChI is InChI=1S/C12H24N2O/c1-4-6-10(5-2)14-12(15)11-7-8-13-9(11)3/h9-11,13H,4-8H2,1-3H3,(H,14,15). The fraction of sp³-hybridized carbons (Fsp3) is 0.917. The van der Waals surface area contributed by atoms with E-state index in [1.165, 1.54) is 0 Å². The highest BCUT2D eigenvalue weighted by Gasteiger charge is 2.29. The summed E-state index contributed by atoms with van der Waals surface area (Å²) < 4.78 is 0. The van der Waals surface area contributed by atoms with E-state index in [1.807, 2.05) is 0 Å². The van der Waals surface area contributed by atoms with E-state index in [-0.39, 0.29) is 11.8 Å². The minimum Gasteiger partial charge on any atom is -0.353 e. The van der Waals surface area contributed by atoms with Crippen LogP contribution in [0.3, 0.4) is 0 Å². The van der Waals surface area contributed by atoms with Gasteiger partial charge in [-0.2, -0.15) is 0 Å². The van der Waals surface area contributed by atoms with Crippen LogP contribution >= 0.6 is 0 Å². The number of nitrogens with one attached hydrogen (secondary N) is 2. The van der Waals surface area contributed by atoms with E-state index in [0.717, 1.165) is 32.2 Å². The van der Waals surface area contributed by atoms with E-state index in [0.29, 0.717) is 12.1 Å². The first-order valence-corrected chi connectivity index (χ1v) is 6.22. The smallest absolute Gasteiger partial charge is 0.224 e. The van der Waals surface area contributed by atoms with Gasteiger partial charge in [-0.05, 0) is 32.7 Å². The van der Waals surface area contributed by atoms with E-state index >= 15 is 0 Å². The maximum Gasteiger partial charge on any atom is 0.224 e. The van der Waals surface area contributed by atoms with Gasteiger partial charge in [0.05, 0.1) is 5.92 Å². The molecular formula is C12H24N2O. The van der Waals surface area contributed by atoms with Crippen LogP contribution in [-0.2, 0) is 4.79 Å². The van der Waals surface area contributed by atoms with Gasteiger partial charge < -0.3 is 10.6 Å². The first kappa shape index (κ1) is 12.5. The van der Waals surface area contributed by atoms with E-state index in [4.69, 9.17) is 0 Å². The first-order valence-electron chi connectivity index (χ1n) is 6.22. The molecule has 1 fully saturated rings. The lowest BCUT2D eigenvalue weighted by Crippen LogP contribution is -2.41. The number of amides is 1. The van der Waals surface area contributed by atoms with Crippen molar-refractivity contribution in [1.82, 2.24) is 10.6 Å². The van der Waals surface area contributed by atoms with Crippen LogP contribution in [0.4, 0.5) is 0 Å². The molecule has 0 aromatic carbocycles. The van der Waals surface area contributed by atoms with Crippen LogP contribution in [0.2, 0.25) is 0 Å². The van der Waals surface area contributed by atoms with Gasteiger partial charge in [0.25, 0.3) is 0 Å². The fourth-order valence-electron chi connectivity index (χ4n) is 2.25. The zero-order chi connectivity index (χ0) is 11.3. The Morgan fingerprint density at radius 1 is 1.53 bits per heavy atom. The molecule has 1 aliphatic rings. The lowest BCUT2D eigenvalue weighted by Gasteiger charge is -2.20. The molecule has 0 saturated carbocycles. The van der Waals surface area contributed by atoms with Crippen molar-refractivity contribution in [3.8, 4) is 0 Å². The molecule has 88 valence electrons. The molecule has 1 amide bonds. The molecule has 0 aromatic heterocycles. The van der Waals surface area contributed by atoms with Crippen LogP contribution in [0, 0.1) is 5.92 Å². The molecule has 1 saturated heterocycles. The van der Waals surface area contributed by atoms with E-state index in [9.17, 15) is 4.79 Å². The van der Waals surface area contributed by atoms with Crippen molar-refractivity contribution < 1.29 is 4.79 Å². The quantitative estimate of drug-likeness (QED) is 0.728. The summed E-state index contributed by atoms with van der Waals surface area (Å²) in [6.45, 7) is 7.37. The summed E-state index contributed by atoms with van der Waals surface area (Å²) in [5.41, 5.74) is 0. The number of carbonyl (C=O) groups excluding carboxylic acids is 1. The number of hydrogen-bond donors (Lipinski definition) is 2. The lowest BCUT2D eigenvalue weighted by atomic mass is 10.00. The third-order valence-corrected chi connectivity index (χ3v) is 3.34. The summed E-state index contributed by atoms with van der Waals surface area (Å²) >= 11 is 0. The Morgan fingerprint density at radius 3 is 2.73 bits per heavy atom. The Labute approximate surface area is 93.0 Å². The van der Waals surface area contributed by atoms with E-state index in [1.54, 1.807) is 0 Å². The second kappa shape index (κ2) is 6.11. The molecule has 0 aliphatic carbocycles. The highest BCUT2D eigenvalue weighted by atomic mass is 16.2. The van der Waals surface area contributed by atoms with Gasteiger partial charge in [-0.25, -0.2) is 0 Å². The molecule has 3 nitrogen and oxygen atoms in total. The maximum absolute atomic E-state index is 11.9. The molecule has 0 radical (unpaired) electrons. The molecule has 1 aliphatic heterocycles. The highest BCUT2D eigenvalue weighted by molar-refractivity contribution is 5.80. The predicted molar refractivity (Wildman–Crippen MR) is 62.7 cm³/mol. The van der Waals surface area contributed by atoms with Crippen molar-refractivity contribution in [2.45, 2.75) is 58.5 Å². The minimum atomic E-state index is 0.177. The van der Waals surface area contributed by atoms with Crippen LogP contribution in [0.1, 0.15) is 46.5 Å². The monoisotopic (exact) mass is 212 g/mol. The van der Waals surface area contributed by atoms with Crippen LogP contribution in [0.15, 0.2) is 0 Å². The van der Waals surface area contributed by atoms with Crippen molar-refractivity contribution in [3.05, 3.63) is 0 Å². The molecular weight excluding hydrogens is 188 g/mol. The summed E-state index contributed by atoms with van der Waals surface area (Å²) in [7, 11) is 0. The van der Waals surface area contributed by atoms with Gasteiger partial charge in [-0.1, -0.05) is 20.3 Å². The summed E-state index contributed by atoms with van der Waals surface area (Å²) in [4.78, 5) is 11.9. The third kappa shape index (κ3) is 3.49. The summed E-state index contributed by atoms with van der Waals surface area (Å²) in [6.07, 6.45) is 4.25. The van der Waals surface area contributed by atoms with Gasteiger partial charge in [-0.3, -0.25) is 4.79 Å². The van der Waals surface area contributed by atoms with Gasteiger partial charge >= 0.3 is 0 Å². The van der Waals surface area contributed by atoms with Crippen molar-refractivity contribution in [3.63, 3.8) is 0 Å². The normalized spacial score (nSPS) is 27.7. The summed E-state index contributed by atoms with van der Waals surface area (Å²) in [6, 6.07) is 0.708. The Balaban J connectivity index is 2.39. The predicted octanol–water partition coefficient (Wildman–Crippen LogP) is 1.68. The van der Waals surface area contributed by atoms with Crippen molar-refractivity contribution in [2.24, 2.45) is 5.92 Å². The van der Waals surface area contributed by atoms with E-state index in [2.05, 4.69) is 31.4 Å². The molecule has 0 spiro atoms. The van der Waals surface area contributed by atoms with E-state index < -0.39 is 0 Å². The second-order valence-electron chi connectivity index (χ2n) is 4.54. The zero-order valence-corrected chi connectivity index (χ0v) is 10.2. The number of hydrogen-bond acceptors (Lipinski definition) is 2. The topological polar surface area (TPSA) is 41.1 Å². The first-order chi connectivity index (χ1) is 7.19. The fourth-order valence-corrected chi connectivity index (χ4v) is 2.25. The molecule has 3 atom stereocenters. The maximum atomic E-state index is 11.9. The van der Waals surface area contributed by atoms with Gasteiger partial charge in [0.2, 0.25) is 5.91 Å². The Bertz CT molecular complexity index is 206. The average molecular weight is 212 g/mol. The highest BCUT2D eigenvalue weighted by Crippen LogP contribution is 2.16. The molecule has 15 heavy (non-hydrogen) atoms. The minimum absolute atomic E-state index is 0.177. The Hall–Kier alpha value is -0.570. The molecule has 2 N–H and O–H groups in total. The SMILES string of the molecule is CCCC(CC)NC(=O)C1CCNC1C. The van der Waals surface area contributed by atoms with Crippen LogP contribution in [0.5, 0.6) is 0 Å². The number of rotatable bonds is 5. The Kier molecular flexibility index (Phi) is 5.09. The molecule has 1 rings (SSSR count). The summed E-state index contributed by atoms with van der Waals surface area (Å²) in [5, 5.41) is 6.47. The van der Waals surface area contributed by atoms with Crippen molar-refractivity contribution >= 4 is 5.91 Å². The molecule has 1 heterocycles. The molecule has 0 bridgehead atoms. The molecule has 0 aromatic rings. The van der Waals surface area contributed by atoms with Crippen molar-refractivity contribution in [1.29, 1.82) is 0 Å². The summed E-state index contributed by atoms with van der Waals surface area (Å²) in [5.74, 6) is 0.420. The van der Waals surface area contributed by atoms with Gasteiger partial charge in [-0.15, -0.1) is 0 Å². The van der Waals surface area contributed by atoms with Gasteiger partial charge in [0, 0.05) is 12.1 Å². The van der Waals surface area contributed by atoms with Gasteiger partial charge in [0.15, 0.2) is 0 Å². The van der Waals surface area contributed by atoms with Crippen molar-refractivity contribution in [2.75, 3.05) is 6.54 Å². The Morgan fingerprint density at radius 2 is 2.27 bits per heavy atom. The van der Waals surface area contributed by atoms with Gasteiger partial charge in [0.1, 0.15) is 0 Å². The molecule has 3 heteroatoms. The lowest BCUT2D eigenvalue weighted by molar-refractivity contribution is -0.125. The average Bonchev–Trinajstić information content (AvgIpc) is 2.63. The number of carbonyl (C=O) groups is 1. The zero-order valence-electron chi connectivity index (χ0n) is 10.2. The molecule has 3 unspecified atom stereocenters. The largest absolute Gasteiger partial charge is 0.353 e.